The third-order valence-electron chi connectivity index (χ3n) is 1.92. The quantitative estimate of drug-likeness (QED) is 0.523. The van der Waals surface area contributed by atoms with Crippen LogP contribution in [0.1, 0.15) is 6.92 Å². The number of hydrogen-bond donors (Lipinski definition) is 1. The molecule has 0 aliphatic rings. The molecular formula is C12H10Cl2N2O2. The fourth-order valence-electron chi connectivity index (χ4n) is 1.10. The Balaban J connectivity index is 2.87. The number of esters is 1. The van der Waals surface area contributed by atoms with Gasteiger partial charge in [-0.3, -0.25) is 0 Å². The van der Waals surface area contributed by atoms with Gasteiger partial charge < -0.3 is 10.1 Å². The minimum atomic E-state index is -0.689. The summed E-state index contributed by atoms with van der Waals surface area (Å²) in [7, 11) is 0. The first-order valence-electron chi connectivity index (χ1n) is 5.07. The third-order valence-corrected chi connectivity index (χ3v) is 2.48. The average Bonchev–Trinajstić information content (AvgIpc) is 2.34. The fraction of sp³-hybridized carbons (Fsp3) is 0.167. The van der Waals surface area contributed by atoms with E-state index in [4.69, 9.17) is 33.2 Å². The highest BCUT2D eigenvalue weighted by molar-refractivity contribution is 6.35. The van der Waals surface area contributed by atoms with Crippen molar-refractivity contribution in [1.29, 1.82) is 5.26 Å². The molecule has 6 heteroatoms. The predicted molar refractivity (Wildman–Crippen MR) is 70.4 cm³/mol. The van der Waals surface area contributed by atoms with Crippen molar-refractivity contribution in [2.75, 3.05) is 11.9 Å². The lowest BCUT2D eigenvalue weighted by Crippen LogP contribution is -2.07. The molecule has 0 radical (unpaired) electrons. The average molecular weight is 285 g/mol. The second-order valence-electron chi connectivity index (χ2n) is 3.16. The van der Waals surface area contributed by atoms with Crippen LogP contribution in [-0.4, -0.2) is 12.6 Å². The van der Waals surface area contributed by atoms with Crippen LogP contribution in [0.5, 0.6) is 0 Å². The minimum absolute atomic E-state index is 0.145. The van der Waals surface area contributed by atoms with Crippen LogP contribution < -0.4 is 5.32 Å². The molecular weight excluding hydrogens is 275 g/mol. The van der Waals surface area contributed by atoms with E-state index in [1.807, 2.05) is 0 Å². The molecule has 18 heavy (non-hydrogen) atoms. The molecule has 4 nitrogen and oxygen atoms in total. The van der Waals surface area contributed by atoms with Crippen LogP contribution in [-0.2, 0) is 9.53 Å². The van der Waals surface area contributed by atoms with Crippen LogP contribution in [0.25, 0.3) is 0 Å². The Hall–Kier alpha value is -1.70. The summed E-state index contributed by atoms with van der Waals surface area (Å²) in [5.41, 5.74) is 0.356. The molecule has 0 saturated carbocycles. The first-order chi connectivity index (χ1) is 8.58. The summed E-state index contributed by atoms with van der Waals surface area (Å²) in [6.07, 6.45) is 1.23. The van der Waals surface area contributed by atoms with Gasteiger partial charge in [-0.25, -0.2) is 4.79 Å². The Labute approximate surface area is 115 Å². The summed E-state index contributed by atoms with van der Waals surface area (Å²) in [5.74, 6) is -0.689. The van der Waals surface area contributed by atoms with Gasteiger partial charge in [0.25, 0.3) is 0 Å². The summed E-state index contributed by atoms with van der Waals surface area (Å²) in [5, 5.41) is 12.5. The van der Waals surface area contributed by atoms with Crippen LogP contribution >= 0.6 is 23.2 Å². The topological polar surface area (TPSA) is 62.1 Å². The van der Waals surface area contributed by atoms with Gasteiger partial charge in [-0.1, -0.05) is 23.2 Å². The highest BCUT2D eigenvalue weighted by Gasteiger charge is 2.09. The number of nitrogens with zero attached hydrogens (tertiary/aromatic N) is 1. The van der Waals surface area contributed by atoms with Gasteiger partial charge in [0.2, 0.25) is 0 Å². The van der Waals surface area contributed by atoms with E-state index in [1.54, 1.807) is 31.2 Å². The van der Waals surface area contributed by atoms with E-state index in [2.05, 4.69) is 5.32 Å². The lowest BCUT2D eigenvalue weighted by Gasteiger charge is -2.05. The normalized spacial score (nSPS) is 10.7. The second kappa shape index (κ2) is 6.90. The molecule has 0 heterocycles. The van der Waals surface area contributed by atoms with Gasteiger partial charge in [-0.2, -0.15) is 5.26 Å². The number of anilines is 1. The van der Waals surface area contributed by atoms with Gasteiger partial charge in [-0.05, 0) is 25.1 Å². The van der Waals surface area contributed by atoms with Crippen molar-refractivity contribution < 1.29 is 9.53 Å². The number of ether oxygens (including phenoxy) is 1. The van der Waals surface area contributed by atoms with Crippen LogP contribution in [0.15, 0.2) is 30.0 Å². The van der Waals surface area contributed by atoms with E-state index in [-0.39, 0.29) is 12.2 Å². The molecule has 0 spiro atoms. The molecule has 0 fully saturated rings. The number of benzene rings is 1. The van der Waals surface area contributed by atoms with Gasteiger partial charge in [0.1, 0.15) is 6.07 Å². The molecule has 94 valence electrons. The maximum absolute atomic E-state index is 11.3. The molecule has 0 saturated heterocycles. The van der Waals surface area contributed by atoms with Crippen LogP contribution in [0, 0.1) is 11.3 Å². The zero-order chi connectivity index (χ0) is 13.5. The maximum atomic E-state index is 11.3. The van der Waals surface area contributed by atoms with E-state index in [0.29, 0.717) is 15.7 Å². The highest BCUT2D eigenvalue weighted by Crippen LogP contribution is 2.25. The van der Waals surface area contributed by atoms with Crippen molar-refractivity contribution in [1.82, 2.24) is 0 Å². The van der Waals surface area contributed by atoms with Crippen LogP contribution in [0.2, 0.25) is 10.0 Å². The minimum Gasteiger partial charge on any atom is -0.462 e. The van der Waals surface area contributed by atoms with Crippen molar-refractivity contribution in [3.8, 4) is 6.07 Å². The van der Waals surface area contributed by atoms with Crippen LogP contribution in [0.3, 0.4) is 0 Å². The molecule has 0 aliphatic carbocycles. The molecule has 1 rings (SSSR count). The number of rotatable bonds is 4. The molecule has 1 N–H and O–H groups in total. The molecule has 0 amide bonds. The number of carbonyl (C=O) groups excluding carboxylic acids is 1. The number of halogens is 2. The molecule has 0 atom stereocenters. The largest absolute Gasteiger partial charge is 0.462 e. The fourth-order valence-corrected chi connectivity index (χ4v) is 1.45. The summed E-state index contributed by atoms with van der Waals surface area (Å²) < 4.78 is 4.71. The lowest BCUT2D eigenvalue weighted by molar-refractivity contribution is -0.138. The SMILES string of the molecule is CCOC(=O)/C(C#N)=C\Nc1cc(Cl)ccc1Cl. The maximum Gasteiger partial charge on any atom is 0.350 e. The zero-order valence-electron chi connectivity index (χ0n) is 9.54. The monoisotopic (exact) mass is 284 g/mol. The van der Waals surface area contributed by atoms with Crippen molar-refractivity contribution in [3.63, 3.8) is 0 Å². The summed E-state index contributed by atoms with van der Waals surface area (Å²) in [4.78, 5) is 11.3. The first-order valence-corrected chi connectivity index (χ1v) is 5.83. The van der Waals surface area contributed by atoms with E-state index in [9.17, 15) is 4.79 Å². The van der Waals surface area contributed by atoms with E-state index >= 15 is 0 Å². The van der Waals surface area contributed by atoms with E-state index < -0.39 is 5.97 Å². The third kappa shape index (κ3) is 3.95. The Morgan fingerprint density at radius 1 is 1.56 bits per heavy atom. The molecule has 1 aromatic carbocycles. The zero-order valence-corrected chi connectivity index (χ0v) is 11.0. The molecule has 0 bridgehead atoms. The van der Waals surface area contributed by atoms with Gasteiger partial charge in [-0.15, -0.1) is 0 Å². The summed E-state index contributed by atoms with van der Waals surface area (Å²) in [6, 6.07) is 6.56. The van der Waals surface area contributed by atoms with Gasteiger partial charge >= 0.3 is 5.97 Å². The smallest absolute Gasteiger partial charge is 0.350 e. The highest BCUT2D eigenvalue weighted by atomic mass is 35.5. The van der Waals surface area contributed by atoms with Gasteiger partial charge in [0.05, 0.1) is 17.3 Å². The molecule has 0 aliphatic heterocycles. The number of hydrogen-bond acceptors (Lipinski definition) is 4. The molecule has 1 aromatic rings. The number of carbonyl (C=O) groups is 1. The lowest BCUT2D eigenvalue weighted by atomic mass is 10.3. The Morgan fingerprint density at radius 2 is 2.28 bits per heavy atom. The van der Waals surface area contributed by atoms with Gasteiger partial charge in [0, 0.05) is 11.2 Å². The van der Waals surface area contributed by atoms with E-state index in [1.165, 1.54) is 6.20 Å². The van der Waals surface area contributed by atoms with Crippen molar-refractivity contribution in [2.45, 2.75) is 6.92 Å². The number of nitriles is 1. The number of nitrogens with one attached hydrogen (secondary N) is 1. The Kier molecular flexibility index (Phi) is 5.50. The first kappa shape index (κ1) is 14.4. The van der Waals surface area contributed by atoms with Crippen molar-refractivity contribution in [2.24, 2.45) is 0 Å². The van der Waals surface area contributed by atoms with Crippen molar-refractivity contribution in [3.05, 3.63) is 40.0 Å². The summed E-state index contributed by atoms with van der Waals surface area (Å²) in [6.45, 7) is 1.87. The van der Waals surface area contributed by atoms with Crippen molar-refractivity contribution >= 4 is 34.9 Å². The Bertz CT molecular complexity index is 521. The predicted octanol–water partition coefficient (Wildman–Crippen LogP) is 3.38. The second-order valence-corrected chi connectivity index (χ2v) is 4.00. The van der Waals surface area contributed by atoms with Crippen LogP contribution in [0.4, 0.5) is 5.69 Å². The molecule has 0 unspecified atom stereocenters. The summed E-state index contributed by atoms with van der Waals surface area (Å²) >= 11 is 11.7. The van der Waals surface area contributed by atoms with Gasteiger partial charge in [0.15, 0.2) is 5.57 Å². The Morgan fingerprint density at radius 3 is 2.89 bits per heavy atom. The molecule has 0 aromatic heterocycles. The van der Waals surface area contributed by atoms with E-state index in [0.717, 1.165) is 0 Å². The standard InChI is InChI=1S/C12H10Cl2N2O2/c1-2-18-12(17)8(6-15)7-16-11-5-9(13)3-4-10(11)14/h3-5,7,16H,2H2,1H3/b8-7-.